The maximum absolute atomic E-state index is 13.2. The fraction of sp³-hybridized carbons (Fsp3) is 0.211. The number of hydrogen-bond acceptors (Lipinski definition) is 3. The molecule has 5 nitrogen and oxygen atoms in total. The molecule has 0 aliphatic rings. The van der Waals surface area contributed by atoms with Crippen molar-refractivity contribution in [1.82, 2.24) is 9.78 Å². The highest BCUT2D eigenvalue weighted by molar-refractivity contribution is 7.85. The number of aryl methyl sites for hydroxylation is 4. The van der Waals surface area contributed by atoms with Crippen molar-refractivity contribution in [3.05, 3.63) is 71.2 Å². The SMILES string of the molecule is Cc1ccc(S(=O)(=O)O)c(CCn2nc(C)cc2-c2ccc(F)cc2)c1. The first-order valence-corrected chi connectivity index (χ1v) is 9.55. The maximum Gasteiger partial charge on any atom is 0.294 e. The number of nitrogens with zero attached hydrogens (tertiary/aromatic N) is 2. The van der Waals surface area contributed by atoms with E-state index in [-0.39, 0.29) is 10.7 Å². The van der Waals surface area contributed by atoms with Crippen LogP contribution in [-0.2, 0) is 23.1 Å². The lowest BCUT2D eigenvalue weighted by atomic mass is 10.1. The third-order valence-corrected chi connectivity index (χ3v) is 5.08. The second-order valence-electron chi connectivity index (χ2n) is 6.24. The van der Waals surface area contributed by atoms with Crippen molar-refractivity contribution in [2.24, 2.45) is 0 Å². The number of halogens is 1. The van der Waals surface area contributed by atoms with Crippen LogP contribution in [0, 0.1) is 19.7 Å². The lowest BCUT2D eigenvalue weighted by Crippen LogP contribution is -2.09. The van der Waals surface area contributed by atoms with Gasteiger partial charge in [0.25, 0.3) is 10.1 Å². The molecule has 0 aliphatic carbocycles. The molecule has 0 aliphatic heterocycles. The van der Waals surface area contributed by atoms with E-state index in [1.165, 1.54) is 18.2 Å². The van der Waals surface area contributed by atoms with E-state index in [4.69, 9.17) is 0 Å². The van der Waals surface area contributed by atoms with E-state index in [1.807, 2.05) is 19.9 Å². The van der Waals surface area contributed by atoms with Crippen LogP contribution in [0.1, 0.15) is 16.8 Å². The zero-order chi connectivity index (χ0) is 18.9. The highest BCUT2D eigenvalue weighted by Gasteiger charge is 2.16. The molecular formula is C19H19FN2O3S. The van der Waals surface area contributed by atoms with Gasteiger partial charge < -0.3 is 0 Å². The van der Waals surface area contributed by atoms with Crippen LogP contribution in [0.5, 0.6) is 0 Å². The number of aromatic nitrogens is 2. The maximum atomic E-state index is 13.2. The quantitative estimate of drug-likeness (QED) is 0.690. The molecule has 26 heavy (non-hydrogen) atoms. The first-order chi connectivity index (χ1) is 12.2. The topological polar surface area (TPSA) is 72.2 Å². The lowest BCUT2D eigenvalue weighted by molar-refractivity contribution is 0.481. The highest BCUT2D eigenvalue weighted by Crippen LogP contribution is 2.23. The fourth-order valence-corrected chi connectivity index (χ4v) is 3.68. The fourth-order valence-electron chi connectivity index (χ4n) is 2.95. The van der Waals surface area contributed by atoms with Crippen molar-refractivity contribution in [2.75, 3.05) is 0 Å². The summed E-state index contributed by atoms with van der Waals surface area (Å²) in [4.78, 5) is -0.0877. The van der Waals surface area contributed by atoms with Crippen LogP contribution in [-0.4, -0.2) is 22.8 Å². The lowest BCUT2D eigenvalue weighted by Gasteiger charge is -2.11. The van der Waals surface area contributed by atoms with Gasteiger partial charge in [0.2, 0.25) is 0 Å². The minimum atomic E-state index is -4.29. The van der Waals surface area contributed by atoms with E-state index in [2.05, 4.69) is 5.10 Å². The summed E-state index contributed by atoms with van der Waals surface area (Å²) in [7, 11) is -4.29. The van der Waals surface area contributed by atoms with Gasteiger partial charge in [-0.3, -0.25) is 9.23 Å². The smallest absolute Gasteiger partial charge is 0.282 e. The molecule has 7 heteroatoms. The average Bonchev–Trinajstić information content (AvgIpc) is 2.93. The van der Waals surface area contributed by atoms with E-state index in [0.717, 1.165) is 22.5 Å². The van der Waals surface area contributed by atoms with Crippen LogP contribution < -0.4 is 0 Å². The summed E-state index contributed by atoms with van der Waals surface area (Å²) in [5, 5.41) is 4.45. The van der Waals surface area contributed by atoms with Gasteiger partial charge in [-0.1, -0.05) is 17.7 Å². The normalized spacial score (nSPS) is 11.7. The van der Waals surface area contributed by atoms with E-state index >= 15 is 0 Å². The molecule has 136 valence electrons. The van der Waals surface area contributed by atoms with Crippen molar-refractivity contribution in [2.45, 2.75) is 31.7 Å². The van der Waals surface area contributed by atoms with Crippen molar-refractivity contribution in [1.29, 1.82) is 0 Å². The summed E-state index contributed by atoms with van der Waals surface area (Å²) in [5.41, 5.74) is 3.90. The molecule has 0 unspecified atom stereocenters. The van der Waals surface area contributed by atoms with Gasteiger partial charge in [0.1, 0.15) is 5.82 Å². The molecule has 3 aromatic rings. The van der Waals surface area contributed by atoms with E-state index < -0.39 is 10.1 Å². The Morgan fingerprint density at radius 1 is 1.08 bits per heavy atom. The van der Waals surface area contributed by atoms with E-state index in [1.54, 1.807) is 28.9 Å². The molecule has 0 amide bonds. The largest absolute Gasteiger partial charge is 0.294 e. The van der Waals surface area contributed by atoms with E-state index in [9.17, 15) is 17.4 Å². The standard InChI is InChI=1S/C19H19FN2O3S/c1-13-3-8-19(26(23,24)25)16(11-13)9-10-22-18(12-14(2)21-22)15-4-6-17(20)7-5-15/h3-8,11-12H,9-10H2,1-2H3,(H,23,24,25). The molecule has 0 fully saturated rings. The summed E-state index contributed by atoms with van der Waals surface area (Å²) in [5.74, 6) is -0.311. The Morgan fingerprint density at radius 2 is 1.77 bits per heavy atom. The Labute approximate surface area is 151 Å². The molecule has 1 heterocycles. The molecular weight excluding hydrogens is 355 g/mol. The molecule has 2 aromatic carbocycles. The highest BCUT2D eigenvalue weighted by atomic mass is 32.2. The summed E-state index contributed by atoms with van der Waals surface area (Å²) < 4.78 is 47.6. The third kappa shape index (κ3) is 4.00. The van der Waals surface area contributed by atoms with Crippen LogP contribution in [0.15, 0.2) is 53.4 Å². The monoisotopic (exact) mass is 374 g/mol. The van der Waals surface area contributed by atoms with Crippen molar-refractivity contribution in [3.8, 4) is 11.3 Å². The van der Waals surface area contributed by atoms with Crippen LogP contribution in [0.2, 0.25) is 0 Å². The van der Waals surface area contributed by atoms with Gasteiger partial charge in [-0.25, -0.2) is 4.39 Å². The van der Waals surface area contributed by atoms with Gasteiger partial charge in [-0.05, 0) is 67.8 Å². The Bertz CT molecular complexity index is 1040. The van der Waals surface area contributed by atoms with Crippen LogP contribution >= 0.6 is 0 Å². The third-order valence-electron chi connectivity index (χ3n) is 4.13. The summed E-state index contributed by atoms with van der Waals surface area (Å²) >= 11 is 0. The Balaban J connectivity index is 1.92. The second kappa shape index (κ2) is 7.01. The number of benzene rings is 2. The summed E-state index contributed by atoms with van der Waals surface area (Å²) in [6.07, 6.45) is 0.381. The Morgan fingerprint density at radius 3 is 2.42 bits per heavy atom. The molecule has 1 N–H and O–H groups in total. The molecule has 0 saturated carbocycles. The predicted octanol–water partition coefficient (Wildman–Crippen LogP) is 3.80. The first kappa shape index (κ1) is 18.3. The molecule has 0 saturated heterocycles. The minimum Gasteiger partial charge on any atom is -0.282 e. The van der Waals surface area contributed by atoms with Gasteiger partial charge in [0, 0.05) is 6.54 Å². The number of rotatable bonds is 5. The van der Waals surface area contributed by atoms with Crippen molar-refractivity contribution < 1.29 is 17.4 Å². The first-order valence-electron chi connectivity index (χ1n) is 8.11. The zero-order valence-corrected chi connectivity index (χ0v) is 15.3. The Hall–Kier alpha value is -2.51. The summed E-state index contributed by atoms with van der Waals surface area (Å²) in [6.45, 7) is 4.14. The summed E-state index contributed by atoms with van der Waals surface area (Å²) in [6, 6.07) is 12.8. The van der Waals surface area contributed by atoms with Gasteiger partial charge in [0.05, 0.1) is 16.3 Å². The molecule has 0 spiro atoms. The molecule has 3 rings (SSSR count). The second-order valence-corrected chi connectivity index (χ2v) is 7.63. The van der Waals surface area contributed by atoms with Gasteiger partial charge in [0.15, 0.2) is 0 Å². The number of hydrogen-bond donors (Lipinski definition) is 1. The minimum absolute atomic E-state index is 0.0877. The van der Waals surface area contributed by atoms with E-state index in [0.29, 0.717) is 18.5 Å². The predicted molar refractivity (Wildman–Crippen MR) is 97.1 cm³/mol. The zero-order valence-electron chi connectivity index (χ0n) is 14.5. The van der Waals surface area contributed by atoms with Crippen LogP contribution in [0.25, 0.3) is 11.3 Å². The molecule has 0 radical (unpaired) electrons. The van der Waals surface area contributed by atoms with Crippen LogP contribution in [0.3, 0.4) is 0 Å². The average molecular weight is 374 g/mol. The van der Waals surface area contributed by atoms with Gasteiger partial charge in [-0.2, -0.15) is 13.5 Å². The van der Waals surface area contributed by atoms with Crippen molar-refractivity contribution in [3.63, 3.8) is 0 Å². The Kier molecular flexibility index (Phi) is 4.93. The van der Waals surface area contributed by atoms with Crippen LogP contribution in [0.4, 0.5) is 4.39 Å². The van der Waals surface area contributed by atoms with Gasteiger partial charge in [-0.15, -0.1) is 0 Å². The molecule has 0 atom stereocenters. The van der Waals surface area contributed by atoms with Crippen molar-refractivity contribution >= 4 is 10.1 Å². The van der Waals surface area contributed by atoms with Gasteiger partial charge >= 0.3 is 0 Å². The molecule has 1 aromatic heterocycles. The molecule has 0 bridgehead atoms.